The summed E-state index contributed by atoms with van der Waals surface area (Å²) in [5, 5.41) is 5.29. The molecule has 1 aromatic carbocycles. The number of hydrogen-bond donors (Lipinski definition) is 0. The SMILES string of the molecule is Cc1nn(C)c(COc2c(Cl)cccc2Cl)c1Br. The molecule has 18 heavy (non-hydrogen) atoms. The van der Waals surface area contributed by atoms with Crippen molar-refractivity contribution in [3.05, 3.63) is 44.1 Å². The average molecular weight is 350 g/mol. The van der Waals surface area contributed by atoms with E-state index in [1.165, 1.54) is 0 Å². The van der Waals surface area contributed by atoms with Gasteiger partial charge in [0.25, 0.3) is 0 Å². The molecule has 0 aliphatic carbocycles. The van der Waals surface area contributed by atoms with Crippen LogP contribution >= 0.6 is 39.1 Å². The van der Waals surface area contributed by atoms with E-state index in [-0.39, 0.29) is 0 Å². The van der Waals surface area contributed by atoms with Crippen molar-refractivity contribution in [2.45, 2.75) is 13.5 Å². The minimum absolute atomic E-state index is 0.349. The maximum atomic E-state index is 6.04. The third-order valence-electron chi connectivity index (χ3n) is 2.53. The fourth-order valence-electron chi connectivity index (χ4n) is 1.60. The normalized spacial score (nSPS) is 10.7. The van der Waals surface area contributed by atoms with Gasteiger partial charge in [-0.1, -0.05) is 29.3 Å². The van der Waals surface area contributed by atoms with Crippen LogP contribution in [0.1, 0.15) is 11.4 Å². The molecule has 0 atom stereocenters. The fraction of sp³-hybridized carbons (Fsp3) is 0.250. The summed E-state index contributed by atoms with van der Waals surface area (Å²) in [7, 11) is 1.87. The second kappa shape index (κ2) is 5.51. The molecule has 2 rings (SSSR count). The number of halogens is 3. The van der Waals surface area contributed by atoms with Gasteiger partial charge in [0.1, 0.15) is 6.61 Å². The summed E-state index contributed by atoms with van der Waals surface area (Å²) in [4.78, 5) is 0. The van der Waals surface area contributed by atoms with Crippen molar-refractivity contribution in [1.82, 2.24) is 9.78 Å². The number of nitrogens with zero attached hydrogens (tertiary/aromatic N) is 2. The summed E-state index contributed by atoms with van der Waals surface area (Å²) in [6, 6.07) is 5.26. The van der Waals surface area contributed by atoms with E-state index in [0.717, 1.165) is 15.9 Å². The Hall–Kier alpha value is -0.710. The highest BCUT2D eigenvalue weighted by Gasteiger charge is 2.13. The molecule has 0 aliphatic rings. The lowest BCUT2D eigenvalue weighted by Gasteiger charge is -2.10. The lowest BCUT2D eigenvalue weighted by molar-refractivity contribution is 0.294. The molecule has 0 bridgehead atoms. The molecule has 0 radical (unpaired) electrons. The van der Waals surface area contributed by atoms with Crippen LogP contribution in [-0.2, 0) is 13.7 Å². The second-order valence-corrected chi connectivity index (χ2v) is 5.42. The van der Waals surface area contributed by atoms with E-state index in [0.29, 0.717) is 22.4 Å². The molecule has 0 aliphatic heterocycles. The molecule has 0 unspecified atom stereocenters. The van der Waals surface area contributed by atoms with Crippen molar-refractivity contribution in [2.75, 3.05) is 0 Å². The van der Waals surface area contributed by atoms with Gasteiger partial charge < -0.3 is 4.74 Å². The molecule has 2 aromatic rings. The van der Waals surface area contributed by atoms with Gasteiger partial charge in [-0.15, -0.1) is 0 Å². The van der Waals surface area contributed by atoms with Gasteiger partial charge in [0.2, 0.25) is 0 Å². The quantitative estimate of drug-likeness (QED) is 0.822. The predicted molar refractivity (Wildman–Crippen MR) is 76.4 cm³/mol. The van der Waals surface area contributed by atoms with Gasteiger partial charge in [-0.25, -0.2) is 0 Å². The van der Waals surface area contributed by atoms with Crippen molar-refractivity contribution in [3.8, 4) is 5.75 Å². The molecule has 0 N–H and O–H groups in total. The molecule has 0 amide bonds. The van der Waals surface area contributed by atoms with Crippen LogP contribution in [0.5, 0.6) is 5.75 Å². The van der Waals surface area contributed by atoms with E-state index in [1.54, 1.807) is 22.9 Å². The first-order chi connectivity index (χ1) is 8.50. The predicted octanol–water partition coefficient (Wildman–Crippen LogP) is 4.38. The van der Waals surface area contributed by atoms with Crippen molar-refractivity contribution in [2.24, 2.45) is 7.05 Å². The topological polar surface area (TPSA) is 27.1 Å². The lowest BCUT2D eigenvalue weighted by Crippen LogP contribution is -2.04. The summed E-state index contributed by atoms with van der Waals surface area (Å²) in [6.07, 6.45) is 0. The van der Waals surface area contributed by atoms with Gasteiger partial charge >= 0.3 is 0 Å². The van der Waals surface area contributed by atoms with Crippen LogP contribution in [0.2, 0.25) is 10.0 Å². The molecule has 0 spiro atoms. The smallest absolute Gasteiger partial charge is 0.157 e. The van der Waals surface area contributed by atoms with Crippen molar-refractivity contribution < 1.29 is 4.74 Å². The molecule has 1 aromatic heterocycles. The van der Waals surface area contributed by atoms with Gasteiger partial charge in [-0.3, -0.25) is 4.68 Å². The monoisotopic (exact) mass is 348 g/mol. The fourth-order valence-corrected chi connectivity index (χ4v) is 2.55. The highest BCUT2D eigenvalue weighted by Crippen LogP contribution is 2.33. The van der Waals surface area contributed by atoms with E-state index in [1.807, 2.05) is 14.0 Å². The Bertz CT molecular complexity index is 563. The highest BCUT2D eigenvalue weighted by molar-refractivity contribution is 9.10. The largest absolute Gasteiger partial charge is 0.484 e. The second-order valence-electron chi connectivity index (χ2n) is 3.81. The standard InChI is InChI=1S/C12H11BrCl2N2O/c1-7-11(13)10(17(2)16-7)6-18-12-8(14)4-3-5-9(12)15/h3-5H,6H2,1-2H3. The molecule has 0 saturated heterocycles. The molecule has 6 heteroatoms. The zero-order valence-corrected chi connectivity index (χ0v) is 13.0. The van der Waals surface area contributed by atoms with Crippen molar-refractivity contribution >= 4 is 39.1 Å². The zero-order valence-electron chi connectivity index (χ0n) is 9.88. The van der Waals surface area contributed by atoms with E-state index in [4.69, 9.17) is 27.9 Å². The maximum absolute atomic E-state index is 6.04. The molecule has 0 saturated carbocycles. The Morgan fingerprint density at radius 1 is 1.33 bits per heavy atom. The first kappa shape index (κ1) is 13.7. The van der Waals surface area contributed by atoms with Crippen LogP contribution in [0.15, 0.2) is 22.7 Å². The number of aryl methyl sites for hydroxylation is 2. The summed E-state index contributed by atoms with van der Waals surface area (Å²) in [6.45, 7) is 2.28. The van der Waals surface area contributed by atoms with Crippen molar-refractivity contribution in [1.29, 1.82) is 0 Å². The number of rotatable bonds is 3. The summed E-state index contributed by atoms with van der Waals surface area (Å²) in [5.41, 5.74) is 1.85. The Kier molecular flexibility index (Phi) is 4.20. The average Bonchev–Trinajstić information content (AvgIpc) is 2.54. The third kappa shape index (κ3) is 2.66. The maximum Gasteiger partial charge on any atom is 0.157 e. The Morgan fingerprint density at radius 3 is 2.44 bits per heavy atom. The minimum Gasteiger partial charge on any atom is -0.484 e. The van der Waals surface area contributed by atoms with E-state index in [2.05, 4.69) is 21.0 Å². The summed E-state index contributed by atoms with van der Waals surface area (Å²) in [5.74, 6) is 0.492. The van der Waals surface area contributed by atoms with Crippen LogP contribution in [0.25, 0.3) is 0 Å². The number of para-hydroxylation sites is 1. The minimum atomic E-state index is 0.349. The van der Waals surface area contributed by atoms with E-state index < -0.39 is 0 Å². The van der Waals surface area contributed by atoms with Gasteiger partial charge in [0.05, 0.1) is 25.9 Å². The van der Waals surface area contributed by atoms with Crippen LogP contribution < -0.4 is 4.74 Å². The number of hydrogen-bond acceptors (Lipinski definition) is 2. The Morgan fingerprint density at radius 2 is 1.94 bits per heavy atom. The number of benzene rings is 1. The molecular formula is C12H11BrCl2N2O. The Labute approximate surface area is 124 Å². The van der Waals surface area contributed by atoms with E-state index >= 15 is 0 Å². The molecule has 1 heterocycles. The molecular weight excluding hydrogens is 339 g/mol. The molecule has 0 fully saturated rings. The highest BCUT2D eigenvalue weighted by atomic mass is 79.9. The number of ether oxygens (including phenoxy) is 1. The van der Waals surface area contributed by atoms with Gasteiger partial charge in [-0.2, -0.15) is 5.10 Å². The number of aromatic nitrogens is 2. The van der Waals surface area contributed by atoms with Crippen molar-refractivity contribution in [3.63, 3.8) is 0 Å². The van der Waals surface area contributed by atoms with Crippen LogP contribution in [0.4, 0.5) is 0 Å². The summed E-state index contributed by atoms with van der Waals surface area (Å²) < 4.78 is 8.38. The Balaban J connectivity index is 2.22. The first-order valence-electron chi connectivity index (χ1n) is 5.25. The third-order valence-corrected chi connectivity index (χ3v) is 4.16. The molecule has 96 valence electrons. The molecule has 3 nitrogen and oxygen atoms in total. The van der Waals surface area contributed by atoms with Gasteiger partial charge in [-0.05, 0) is 35.0 Å². The van der Waals surface area contributed by atoms with Gasteiger partial charge in [0.15, 0.2) is 5.75 Å². The van der Waals surface area contributed by atoms with Gasteiger partial charge in [0, 0.05) is 7.05 Å². The van der Waals surface area contributed by atoms with E-state index in [9.17, 15) is 0 Å². The van der Waals surface area contributed by atoms with Crippen LogP contribution in [0.3, 0.4) is 0 Å². The zero-order chi connectivity index (χ0) is 13.3. The first-order valence-corrected chi connectivity index (χ1v) is 6.80. The van der Waals surface area contributed by atoms with Crippen LogP contribution in [0, 0.1) is 6.92 Å². The lowest BCUT2D eigenvalue weighted by atomic mass is 10.3. The summed E-state index contributed by atoms with van der Waals surface area (Å²) >= 11 is 15.6. The van der Waals surface area contributed by atoms with Crippen LogP contribution in [-0.4, -0.2) is 9.78 Å².